The second-order valence-corrected chi connectivity index (χ2v) is 3.96. The Hall–Kier alpha value is -1.61. The maximum Gasteiger partial charge on any atom is 0.137 e. The number of fused-ring (bicyclic) bond motifs is 1. The van der Waals surface area contributed by atoms with Gasteiger partial charge in [0.1, 0.15) is 5.65 Å². The fraction of sp³-hybridized carbons (Fsp3) is 0.0714. The van der Waals surface area contributed by atoms with Gasteiger partial charge in [-0.2, -0.15) is 0 Å². The van der Waals surface area contributed by atoms with Gasteiger partial charge in [0, 0.05) is 18.0 Å². The Labute approximate surface area is 111 Å². The van der Waals surface area contributed by atoms with Gasteiger partial charge in [-0.25, -0.2) is 4.98 Å². The van der Waals surface area contributed by atoms with Crippen molar-refractivity contribution in [1.29, 1.82) is 0 Å². The molecule has 3 heteroatoms. The van der Waals surface area contributed by atoms with Crippen LogP contribution in [0.25, 0.3) is 16.9 Å². The Balaban J connectivity index is 0.00000108. The van der Waals surface area contributed by atoms with E-state index in [1.807, 2.05) is 28.8 Å². The average molecular weight is 288 g/mol. The summed E-state index contributed by atoms with van der Waals surface area (Å²) in [6.07, 6.45) is 4.07. The van der Waals surface area contributed by atoms with Gasteiger partial charge in [0.25, 0.3) is 0 Å². The molecule has 0 aliphatic carbocycles. The summed E-state index contributed by atoms with van der Waals surface area (Å²) < 4.78 is 2.04. The number of halogens is 1. The third-order valence-electron chi connectivity index (χ3n) is 2.71. The minimum absolute atomic E-state index is 0. The Kier molecular flexibility index (Phi) is 3.29. The predicted molar refractivity (Wildman–Crippen MR) is 65.4 cm³/mol. The maximum absolute atomic E-state index is 4.58. The van der Waals surface area contributed by atoms with Crippen LogP contribution in [-0.2, 0) is 0 Å². The van der Waals surface area contributed by atoms with Crippen molar-refractivity contribution in [3.63, 3.8) is 0 Å². The van der Waals surface area contributed by atoms with Crippen molar-refractivity contribution in [3.05, 3.63) is 60.4 Å². The first-order valence-electron chi connectivity index (χ1n) is 5.34. The molecule has 0 aliphatic rings. The molecular formula is C14H12BrN2-. The van der Waals surface area contributed by atoms with E-state index in [1.54, 1.807) is 0 Å². The molecule has 0 radical (unpaired) electrons. The van der Waals surface area contributed by atoms with Gasteiger partial charge >= 0.3 is 0 Å². The summed E-state index contributed by atoms with van der Waals surface area (Å²) >= 11 is 0. The number of benzene rings is 1. The van der Waals surface area contributed by atoms with Crippen molar-refractivity contribution >= 4 is 5.65 Å². The van der Waals surface area contributed by atoms with Gasteiger partial charge in [-0.1, -0.05) is 35.9 Å². The molecule has 2 nitrogen and oxygen atoms in total. The van der Waals surface area contributed by atoms with E-state index in [0.29, 0.717) is 0 Å². The molecule has 0 spiro atoms. The SMILES string of the molecule is Cc1ccc(-c2cn3ccccc3n2)cc1.[Br-]. The van der Waals surface area contributed by atoms with Gasteiger partial charge in [0.05, 0.1) is 5.69 Å². The number of hydrogen-bond donors (Lipinski definition) is 0. The third kappa shape index (κ3) is 2.24. The van der Waals surface area contributed by atoms with E-state index in [1.165, 1.54) is 5.56 Å². The smallest absolute Gasteiger partial charge is 0.137 e. The van der Waals surface area contributed by atoms with Crippen molar-refractivity contribution in [2.24, 2.45) is 0 Å². The first-order chi connectivity index (χ1) is 7.83. The topological polar surface area (TPSA) is 17.3 Å². The second kappa shape index (κ2) is 4.72. The molecule has 0 fully saturated rings. The first-order valence-corrected chi connectivity index (χ1v) is 5.34. The number of rotatable bonds is 1. The highest BCUT2D eigenvalue weighted by atomic mass is 79.9. The molecule has 0 atom stereocenters. The van der Waals surface area contributed by atoms with Crippen molar-refractivity contribution in [1.82, 2.24) is 9.38 Å². The molecule has 17 heavy (non-hydrogen) atoms. The van der Waals surface area contributed by atoms with Crippen LogP contribution >= 0.6 is 0 Å². The summed E-state index contributed by atoms with van der Waals surface area (Å²) in [5.41, 5.74) is 4.44. The van der Waals surface area contributed by atoms with Gasteiger partial charge < -0.3 is 21.4 Å². The summed E-state index contributed by atoms with van der Waals surface area (Å²) in [4.78, 5) is 4.58. The van der Waals surface area contributed by atoms with Crippen LogP contribution in [0, 0.1) is 6.92 Å². The van der Waals surface area contributed by atoms with Gasteiger partial charge in [-0.15, -0.1) is 0 Å². The zero-order valence-corrected chi connectivity index (χ0v) is 11.1. The lowest BCUT2D eigenvalue weighted by Gasteiger charge is -1.96. The molecule has 2 heterocycles. The van der Waals surface area contributed by atoms with E-state index >= 15 is 0 Å². The van der Waals surface area contributed by atoms with Gasteiger partial charge in [-0.05, 0) is 19.1 Å². The number of pyridine rings is 1. The molecule has 0 bridgehead atoms. The Morgan fingerprint density at radius 1 is 1.00 bits per heavy atom. The summed E-state index contributed by atoms with van der Waals surface area (Å²) in [6.45, 7) is 2.09. The van der Waals surface area contributed by atoms with Crippen LogP contribution in [0.2, 0.25) is 0 Å². The highest BCUT2D eigenvalue weighted by molar-refractivity contribution is 5.62. The number of aromatic nitrogens is 2. The van der Waals surface area contributed by atoms with Crippen LogP contribution in [-0.4, -0.2) is 9.38 Å². The van der Waals surface area contributed by atoms with Crippen LogP contribution in [0.15, 0.2) is 54.9 Å². The lowest BCUT2D eigenvalue weighted by Crippen LogP contribution is -3.00. The lowest BCUT2D eigenvalue weighted by atomic mass is 10.1. The maximum atomic E-state index is 4.58. The summed E-state index contributed by atoms with van der Waals surface area (Å²) in [5.74, 6) is 0. The molecule has 0 aliphatic heterocycles. The zero-order chi connectivity index (χ0) is 11.0. The molecule has 86 valence electrons. The van der Waals surface area contributed by atoms with Crippen molar-refractivity contribution in [2.45, 2.75) is 6.92 Å². The van der Waals surface area contributed by atoms with Crippen LogP contribution in [0.3, 0.4) is 0 Å². The van der Waals surface area contributed by atoms with Crippen LogP contribution < -0.4 is 17.0 Å². The molecule has 0 saturated heterocycles. The number of hydrogen-bond acceptors (Lipinski definition) is 1. The number of imidazole rings is 1. The van der Waals surface area contributed by atoms with Crippen LogP contribution in [0.5, 0.6) is 0 Å². The van der Waals surface area contributed by atoms with E-state index < -0.39 is 0 Å². The van der Waals surface area contributed by atoms with Crippen molar-refractivity contribution in [3.8, 4) is 11.3 Å². The minimum Gasteiger partial charge on any atom is -1.00 e. The highest BCUT2D eigenvalue weighted by Crippen LogP contribution is 2.19. The molecule has 1 aromatic carbocycles. The van der Waals surface area contributed by atoms with E-state index in [9.17, 15) is 0 Å². The fourth-order valence-electron chi connectivity index (χ4n) is 1.80. The van der Waals surface area contributed by atoms with E-state index in [0.717, 1.165) is 16.9 Å². The summed E-state index contributed by atoms with van der Waals surface area (Å²) in [7, 11) is 0. The van der Waals surface area contributed by atoms with Crippen molar-refractivity contribution in [2.75, 3.05) is 0 Å². The van der Waals surface area contributed by atoms with Gasteiger partial charge in [0.2, 0.25) is 0 Å². The zero-order valence-electron chi connectivity index (χ0n) is 9.47. The van der Waals surface area contributed by atoms with E-state index in [4.69, 9.17) is 0 Å². The number of aryl methyl sites for hydroxylation is 1. The molecule has 0 amide bonds. The lowest BCUT2D eigenvalue weighted by molar-refractivity contribution is -0.00000332. The molecule has 0 N–H and O–H groups in total. The Morgan fingerprint density at radius 3 is 2.47 bits per heavy atom. The highest BCUT2D eigenvalue weighted by Gasteiger charge is 2.02. The standard InChI is InChI=1S/C14H12N2.BrH/c1-11-5-7-12(8-6-11)13-10-16-9-3-2-4-14(16)15-13;/h2-10H,1H3;1H/p-1. The van der Waals surface area contributed by atoms with E-state index in [-0.39, 0.29) is 17.0 Å². The average Bonchev–Trinajstić information content (AvgIpc) is 2.73. The van der Waals surface area contributed by atoms with Crippen LogP contribution in [0.4, 0.5) is 0 Å². The molecular weight excluding hydrogens is 276 g/mol. The monoisotopic (exact) mass is 287 g/mol. The molecule has 0 unspecified atom stereocenters. The number of nitrogens with zero attached hydrogens (tertiary/aromatic N) is 2. The largest absolute Gasteiger partial charge is 1.00 e. The van der Waals surface area contributed by atoms with E-state index in [2.05, 4.69) is 42.4 Å². The fourth-order valence-corrected chi connectivity index (χ4v) is 1.80. The van der Waals surface area contributed by atoms with Crippen molar-refractivity contribution < 1.29 is 17.0 Å². The van der Waals surface area contributed by atoms with Crippen LogP contribution in [0.1, 0.15) is 5.56 Å². The molecule has 3 aromatic rings. The Bertz CT molecular complexity index is 593. The summed E-state index contributed by atoms with van der Waals surface area (Å²) in [5, 5.41) is 0. The first kappa shape index (κ1) is 11.9. The molecule has 0 saturated carbocycles. The minimum atomic E-state index is 0. The summed E-state index contributed by atoms with van der Waals surface area (Å²) in [6, 6.07) is 14.5. The predicted octanol–water partition coefficient (Wildman–Crippen LogP) is 0.314. The molecule has 3 rings (SSSR count). The Morgan fingerprint density at radius 2 is 1.76 bits per heavy atom. The molecule has 2 aromatic heterocycles. The quantitative estimate of drug-likeness (QED) is 0.630. The second-order valence-electron chi connectivity index (χ2n) is 3.96. The third-order valence-corrected chi connectivity index (χ3v) is 2.71. The van der Waals surface area contributed by atoms with Gasteiger partial charge in [0.15, 0.2) is 0 Å². The normalized spacial score (nSPS) is 10.2. The van der Waals surface area contributed by atoms with Gasteiger partial charge in [-0.3, -0.25) is 0 Å².